The second-order valence-corrected chi connectivity index (χ2v) is 2.83. The molecule has 0 aliphatic carbocycles. The molecule has 0 spiro atoms. The van der Waals surface area contributed by atoms with E-state index in [4.69, 9.17) is 15.1 Å². The van der Waals surface area contributed by atoms with Crippen LogP contribution in [-0.2, 0) is 20.5 Å². The van der Waals surface area contributed by atoms with Crippen molar-refractivity contribution in [2.75, 3.05) is 0 Å². The van der Waals surface area contributed by atoms with Crippen molar-refractivity contribution in [2.45, 2.75) is 6.61 Å². The Bertz CT molecular complexity index is 308. The van der Waals surface area contributed by atoms with E-state index in [1.165, 1.54) is 0 Å². The average Bonchev–Trinajstić information content (AvgIpc) is 2.18. The molecule has 0 aromatic heterocycles. The molecule has 1 unspecified atom stereocenters. The monoisotopic (exact) mass is 214 g/mol. The highest BCUT2D eigenvalue weighted by molar-refractivity contribution is 7.32. The second-order valence-electron chi connectivity index (χ2n) is 2.10. The van der Waals surface area contributed by atoms with Gasteiger partial charge in [0.2, 0.25) is 6.08 Å². The molecule has 0 heterocycles. The van der Waals surface area contributed by atoms with E-state index < -0.39 is 8.25 Å². The maximum absolute atomic E-state index is 10.1. The minimum atomic E-state index is -2.47. The molecule has 6 heteroatoms. The quantitative estimate of drug-likeness (QED) is 0.455. The van der Waals surface area contributed by atoms with Crippen LogP contribution in [0.25, 0.3) is 0 Å². The summed E-state index contributed by atoms with van der Waals surface area (Å²) in [4.78, 5) is 16.6. The Morgan fingerprint density at radius 1 is 1.43 bits per heavy atom. The molecule has 0 bridgehead atoms. The molecule has 0 radical (unpaired) electrons. The third-order valence-corrected chi connectivity index (χ3v) is 1.53. The topological polar surface area (TPSA) is 87.5 Å². The fourth-order valence-corrected chi connectivity index (χ4v) is 0.964. The van der Waals surface area contributed by atoms with Crippen molar-refractivity contribution < 1.29 is 18.8 Å². The van der Waals surface area contributed by atoms with Crippen LogP contribution in [0, 0.1) is 5.41 Å². The lowest BCUT2D eigenvalue weighted by molar-refractivity contribution is 0.272. The molecular weight excluding hydrogens is 205 g/mol. The van der Waals surface area contributed by atoms with Gasteiger partial charge in [-0.1, -0.05) is 30.3 Å². The summed E-state index contributed by atoms with van der Waals surface area (Å²) in [5.41, 5.74) is 0.893. The molecule has 2 N–H and O–H groups in total. The molecule has 0 fully saturated rings. The van der Waals surface area contributed by atoms with Crippen LogP contribution in [0.1, 0.15) is 5.56 Å². The average molecular weight is 214 g/mol. The van der Waals surface area contributed by atoms with Crippen LogP contribution in [0.4, 0.5) is 0 Å². The third kappa shape index (κ3) is 7.28. The van der Waals surface area contributed by atoms with Crippen LogP contribution >= 0.6 is 8.25 Å². The SMILES string of the molecule is N=C=O.O=[P+](O)OCc1ccccc1. The lowest BCUT2D eigenvalue weighted by atomic mass is 10.2. The van der Waals surface area contributed by atoms with Crippen LogP contribution in [0.5, 0.6) is 0 Å². The first-order chi connectivity index (χ1) is 6.70. The predicted octanol–water partition coefficient (Wildman–Crippen LogP) is 1.75. The van der Waals surface area contributed by atoms with Gasteiger partial charge in [-0.2, -0.15) is 0 Å². The summed E-state index contributed by atoms with van der Waals surface area (Å²) < 4.78 is 14.6. The highest BCUT2D eigenvalue weighted by Gasteiger charge is 2.10. The molecule has 0 aliphatic heterocycles. The number of hydrogen-bond donors (Lipinski definition) is 2. The molecule has 0 saturated carbocycles. The summed E-state index contributed by atoms with van der Waals surface area (Å²) >= 11 is 0. The summed E-state index contributed by atoms with van der Waals surface area (Å²) in [6.07, 6.45) is 0.750. The van der Waals surface area contributed by atoms with Crippen LogP contribution in [0.3, 0.4) is 0 Å². The molecule has 1 aromatic rings. The van der Waals surface area contributed by atoms with Crippen molar-refractivity contribution in [3.63, 3.8) is 0 Å². The molecular formula is C8H9NO4P+. The van der Waals surface area contributed by atoms with Gasteiger partial charge in [0, 0.05) is 4.57 Å². The molecule has 0 aliphatic rings. The van der Waals surface area contributed by atoms with E-state index >= 15 is 0 Å². The van der Waals surface area contributed by atoms with Crippen LogP contribution in [0.15, 0.2) is 30.3 Å². The smallest absolute Gasteiger partial charge is 0.222 e. The summed E-state index contributed by atoms with van der Waals surface area (Å²) in [5.74, 6) is 0. The fraction of sp³-hybridized carbons (Fsp3) is 0.125. The number of carbonyl (C=O) groups excluding carboxylic acids is 1. The molecule has 74 valence electrons. The highest BCUT2D eigenvalue weighted by Crippen LogP contribution is 2.17. The van der Waals surface area contributed by atoms with Crippen LogP contribution in [-0.4, -0.2) is 11.0 Å². The first-order valence-electron chi connectivity index (χ1n) is 3.57. The molecule has 1 aromatic carbocycles. The zero-order valence-corrected chi connectivity index (χ0v) is 8.11. The van der Waals surface area contributed by atoms with Gasteiger partial charge in [0.05, 0.1) is 0 Å². The van der Waals surface area contributed by atoms with E-state index in [-0.39, 0.29) is 6.61 Å². The zero-order valence-electron chi connectivity index (χ0n) is 7.21. The standard InChI is InChI=1S/C7H7O3P.CHNO/c8-11(9)10-6-7-4-2-1-3-5-7;2-1-3/h1-5H,6H2;2H/p+1. The minimum Gasteiger partial charge on any atom is -0.222 e. The van der Waals surface area contributed by atoms with Gasteiger partial charge in [-0.3, -0.25) is 0 Å². The lowest BCUT2D eigenvalue weighted by Crippen LogP contribution is -1.83. The summed E-state index contributed by atoms with van der Waals surface area (Å²) in [5, 5.41) is 5.40. The Balaban J connectivity index is 0.000000500. The Hall–Kier alpha value is -1.38. The van der Waals surface area contributed by atoms with Gasteiger partial charge in [0.15, 0.2) is 0 Å². The summed E-state index contributed by atoms with van der Waals surface area (Å²) in [6, 6.07) is 9.24. The molecule has 14 heavy (non-hydrogen) atoms. The summed E-state index contributed by atoms with van der Waals surface area (Å²) in [6.45, 7) is 0.187. The van der Waals surface area contributed by atoms with Gasteiger partial charge < -0.3 is 0 Å². The number of isocyanates is 1. The van der Waals surface area contributed by atoms with Crippen LogP contribution in [0.2, 0.25) is 0 Å². The molecule has 0 amide bonds. The molecule has 1 rings (SSSR count). The Labute approximate surface area is 81.8 Å². The minimum absolute atomic E-state index is 0.187. The van der Waals surface area contributed by atoms with Gasteiger partial charge in [0.25, 0.3) is 0 Å². The predicted molar refractivity (Wildman–Crippen MR) is 49.5 cm³/mol. The van der Waals surface area contributed by atoms with Crippen molar-refractivity contribution in [3.05, 3.63) is 35.9 Å². The van der Waals surface area contributed by atoms with E-state index in [0.717, 1.165) is 11.6 Å². The normalized spacial score (nSPS) is 9.36. The van der Waals surface area contributed by atoms with E-state index in [0.29, 0.717) is 0 Å². The molecule has 0 saturated heterocycles. The van der Waals surface area contributed by atoms with E-state index in [1.54, 1.807) is 0 Å². The Morgan fingerprint density at radius 3 is 2.36 bits per heavy atom. The highest BCUT2D eigenvalue weighted by atomic mass is 31.1. The van der Waals surface area contributed by atoms with Crippen molar-refractivity contribution in [2.24, 2.45) is 0 Å². The van der Waals surface area contributed by atoms with Crippen molar-refractivity contribution in [1.82, 2.24) is 0 Å². The first kappa shape index (κ1) is 12.6. The van der Waals surface area contributed by atoms with Gasteiger partial charge in [-0.15, -0.1) is 9.42 Å². The largest absolute Gasteiger partial charge is 0.695 e. The zero-order chi connectivity index (χ0) is 10.8. The fourth-order valence-electron chi connectivity index (χ4n) is 0.704. The second kappa shape index (κ2) is 8.23. The third-order valence-electron chi connectivity index (χ3n) is 1.18. The number of nitrogens with one attached hydrogen (secondary N) is 1. The van der Waals surface area contributed by atoms with Gasteiger partial charge in [-0.05, 0) is 5.56 Å². The van der Waals surface area contributed by atoms with Crippen molar-refractivity contribution in [1.29, 1.82) is 5.41 Å². The van der Waals surface area contributed by atoms with Gasteiger partial charge in [-0.25, -0.2) is 10.2 Å². The van der Waals surface area contributed by atoms with E-state index in [1.807, 2.05) is 30.3 Å². The van der Waals surface area contributed by atoms with Crippen molar-refractivity contribution in [3.8, 4) is 0 Å². The maximum atomic E-state index is 10.1. The lowest BCUT2D eigenvalue weighted by Gasteiger charge is -1.90. The number of rotatable bonds is 3. The maximum Gasteiger partial charge on any atom is 0.695 e. The number of benzene rings is 1. The first-order valence-corrected chi connectivity index (χ1v) is 4.70. The summed E-state index contributed by atoms with van der Waals surface area (Å²) in [7, 11) is -2.47. The Kier molecular flexibility index (Phi) is 7.42. The van der Waals surface area contributed by atoms with Gasteiger partial charge >= 0.3 is 8.25 Å². The van der Waals surface area contributed by atoms with Crippen molar-refractivity contribution >= 4 is 14.3 Å². The molecule has 1 atom stereocenters. The van der Waals surface area contributed by atoms with E-state index in [2.05, 4.69) is 4.52 Å². The number of hydrogen-bond acceptors (Lipinski definition) is 4. The van der Waals surface area contributed by atoms with E-state index in [9.17, 15) is 4.57 Å². The molecule has 5 nitrogen and oxygen atoms in total. The Morgan fingerprint density at radius 2 is 1.93 bits per heavy atom. The van der Waals surface area contributed by atoms with Gasteiger partial charge in [0.1, 0.15) is 6.61 Å². The van der Waals surface area contributed by atoms with Crippen LogP contribution < -0.4 is 0 Å².